The third-order valence-electron chi connectivity index (χ3n) is 5.39. The molecule has 1 heteroatoms. The van der Waals surface area contributed by atoms with Gasteiger partial charge in [-0.25, -0.2) is 0 Å². The molecule has 0 aliphatic heterocycles. The van der Waals surface area contributed by atoms with E-state index < -0.39 is 0 Å². The average Bonchev–Trinajstić information content (AvgIpc) is 2.21. The minimum atomic E-state index is 0.519. The van der Waals surface area contributed by atoms with Gasteiger partial charge in [0.25, 0.3) is 0 Å². The van der Waals surface area contributed by atoms with Crippen LogP contribution in [-0.4, -0.2) is 25.0 Å². The summed E-state index contributed by atoms with van der Waals surface area (Å²) < 4.78 is 0. The van der Waals surface area contributed by atoms with Gasteiger partial charge >= 0.3 is 0 Å². The molecule has 0 aromatic carbocycles. The van der Waals surface area contributed by atoms with Gasteiger partial charge in [-0.2, -0.15) is 0 Å². The highest BCUT2D eigenvalue weighted by molar-refractivity contribution is 5.10. The molecule has 1 saturated carbocycles. The summed E-state index contributed by atoms with van der Waals surface area (Å²) in [7, 11) is 4.47. The minimum absolute atomic E-state index is 0.519. The number of rotatable bonds is 5. The Morgan fingerprint density at radius 3 is 2.19 bits per heavy atom. The molecule has 3 unspecified atom stereocenters. The second-order valence-corrected chi connectivity index (χ2v) is 6.95. The summed E-state index contributed by atoms with van der Waals surface area (Å²) in [6, 6.07) is 0.787. The molecule has 0 aromatic heterocycles. The zero-order valence-corrected chi connectivity index (χ0v) is 12.4. The average molecular weight is 225 g/mol. The van der Waals surface area contributed by atoms with Crippen LogP contribution in [0.4, 0.5) is 0 Å². The molecule has 0 spiro atoms. The fourth-order valence-corrected chi connectivity index (χ4v) is 3.57. The van der Waals surface area contributed by atoms with Gasteiger partial charge in [0.1, 0.15) is 0 Å². The lowest BCUT2D eigenvalue weighted by molar-refractivity contribution is -0.139. The van der Waals surface area contributed by atoms with Crippen LogP contribution < -0.4 is 0 Å². The van der Waals surface area contributed by atoms with E-state index in [1.54, 1.807) is 0 Å². The smallest absolute Gasteiger partial charge is 0.0153 e. The van der Waals surface area contributed by atoms with Crippen LogP contribution in [-0.2, 0) is 0 Å². The van der Waals surface area contributed by atoms with E-state index >= 15 is 0 Å². The van der Waals surface area contributed by atoms with Gasteiger partial charge in [-0.05, 0) is 50.1 Å². The van der Waals surface area contributed by atoms with Crippen LogP contribution >= 0.6 is 0 Å². The third-order valence-corrected chi connectivity index (χ3v) is 5.39. The van der Waals surface area contributed by atoms with E-state index in [-0.39, 0.29) is 0 Å². The summed E-state index contributed by atoms with van der Waals surface area (Å²) in [4.78, 5) is 2.43. The van der Waals surface area contributed by atoms with Gasteiger partial charge in [0.15, 0.2) is 0 Å². The minimum Gasteiger partial charge on any atom is -0.306 e. The van der Waals surface area contributed by atoms with E-state index in [1.165, 1.54) is 25.7 Å². The largest absolute Gasteiger partial charge is 0.306 e. The SMILES string of the molecule is CCC1(C)C(N(C)C)CC1(C)CCC(C)C. The highest BCUT2D eigenvalue weighted by Crippen LogP contribution is 2.62. The van der Waals surface area contributed by atoms with E-state index in [9.17, 15) is 0 Å². The van der Waals surface area contributed by atoms with Gasteiger partial charge in [0.05, 0.1) is 0 Å². The van der Waals surface area contributed by atoms with Crippen molar-refractivity contribution in [1.29, 1.82) is 0 Å². The predicted molar refractivity (Wildman–Crippen MR) is 72.7 cm³/mol. The molecule has 1 nitrogen and oxygen atoms in total. The molecule has 96 valence electrons. The summed E-state index contributed by atoms with van der Waals surface area (Å²) in [6.45, 7) is 12.1. The maximum absolute atomic E-state index is 2.51. The fraction of sp³-hybridized carbons (Fsp3) is 1.00. The van der Waals surface area contributed by atoms with Gasteiger partial charge in [-0.1, -0.05) is 41.0 Å². The molecular weight excluding hydrogens is 194 g/mol. The summed E-state index contributed by atoms with van der Waals surface area (Å²) in [6.07, 6.45) is 5.48. The molecule has 0 amide bonds. The molecule has 0 radical (unpaired) electrons. The van der Waals surface area contributed by atoms with Crippen LogP contribution in [0.1, 0.15) is 60.3 Å². The first kappa shape index (κ1) is 14.0. The lowest BCUT2D eigenvalue weighted by Crippen LogP contribution is -2.63. The molecule has 1 rings (SSSR count). The predicted octanol–water partition coefficient (Wildman–Crippen LogP) is 4.18. The Labute approximate surface area is 103 Å². The molecule has 1 fully saturated rings. The first-order valence-electron chi connectivity index (χ1n) is 6.93. The summed E-state index contributed by atoms with van der Waals surface area (Å²) >= 11 is 0. The van der Waals surface area contributed by atoms with Crippen molar-refractivity contribution in [3.05, 3.63) is 0 Å². The van der Waals surface area contributed by atoms with Crippen LogP contribution in [0.25, 0.3) is 0 Å². The number of hydrogen-bond donors (Lipinski definition) is 0. The van der Waals surface area contributed by atoms with Crippen molar-refractivity contribution in [3.8, 4) is 0 Å². The number of nitrogens with zero attached hydrogens (tertiary/aromatic N) is 1. The first-order chi connectivity index (χ1) is 7.27. The topological polar surface area (TPSA) is 3.24 Å². The van der Waals surface area contributed by atoms with Gasteiger partial charge in [-0.15, -0.1) is 0 Å². The molecule has 0 heterocycles. The monoisotopic (exact) mass is 225 g/mol. The van der Waals surface area contributed by atoms with Gasteiger partial charge in [0.2, 0.25) is 0 Å². The molecule has 0 aromatic rings. The van der Waals surface area contributed by atoms with E-state index in [0.717, 1.165) is 12.0 Å². The van der Waals surface area contributed by atoms with Crippen LogP contribution in [0.5, 0.6) is 0 Å². The van der Waals surface area contributed by atoms with Gasteiger partial charge < -0.3 is 4.90 Å². The van der Waals surface area contributed by atoms with Crippen molar-refractivity contribution in [2.24, 2.45) is 16.7 Å². The first-order valence-corrected chi connectivity index (χ1v) is 6.93. The standard InChI is InChI=1S/C15H31N/c1-8-15(5)13(16(6)7)11-14(15,4)10-9-12(2)3/h12-13H,8-11H2,1-7H3. The lowest BCUT2D eigenvalue weighted by Gasteiger charge is -2.64. The van der Waals surface area contributed by atoms with E-state index in [1.807, 2.05) is 0 Å². The quantitative estimate of drug-likeness (QED) is 0.678. The Kier molecular flexibility index (Phi) is 4.10. The Hall–Kier alpha value is -0.0400. The third kappa shape index (κ3) is 2.16. The summed E-state index contributed by atoms with van der Waals surface area (Å²) in [5.41, 5.74) is 1.09. The van der Waals surface area contributed by atoms with Crippen molar-refractivity contribution in [2.75, 3.05) is 14.1 Å². The zero-order valence-electron chi connectivity index (χ0n) is 12.4. The lowest BCUT2D eigenvalue weighted by atomic mass is 9.45. The maximum atomic E-state index is 2.51. The zero-order chi connectivity index (χ0) is 12.6. The fourth-order valence-electron chi connectivity index (χ4n) is 3.57. The second-order valence-electron chi connectivity index (χ2n) is 6.95. The second kappa shape index (κ2) is 4.68. The van der Waals surface area contributed by atoms with Gasteiger partial charge in [0, 0.05) is 6.04 Å². The molecule has 16 heavy (non-hydrogen) atoms. The maximum Gasteiger partial charge on any atom is 0.0153 e. The molecule has 3 atom stereocenters. The Balaban J connectivity index is 2.69. The molecule has 1 aliphatic rings. The molecule has 0 N–H and O–H groups in total. The van der Waals surface area contributed by atoms with Crippen molar-refractivity contribution >= 4 is 0 Å². The van der Waals surface area contributed by atoms with E-state index in [2.05, 4.69) is 53.6 Å². The molecule has 0 bridgehead atoms. The number of hydrogen-bond acceptors (Lipinski definition) is 1. The van der Waals surface area contributed by atoms with Crippen LogP contribution in [0.15, 0.2) is 0 Å². The van der Waals surface area contributed by atoms with Crippen LogP contribution in [0.3, 0.4) is 0 Å². The van der Waals surface area contributed by atoms with Crippen molar-refractivity contribution in [3.63, 3.8) is 0 Å². The van der Waals surface area contributed by atoms with Crippen LogP contribution in [0.2, 0.25) is 0 Å². The Morgan fingerprint density at radius 1 is 1.25 bits per heavy atom. The summed E-state index contributed by atoms with van der Waals surface area (Å²) in [5.74, 6) is 0.844. The van der Waals surface area contributed by atoms with Crippen LogP contribution in [0, 0.1) is 16.7 Å². The van der Waals surface area contributed by atoms with E-state index in [0.29, 0.717) is 10.8 Å². The molecular formula is C15H31N. The van der Waals surface area contributed by atoms with Crippen molar-refractivity contribution in [2.45, 2.75) is 66.3 Å². The Morgan fingerprint density at radius 2 is 1.81 bits per heavy atom. The van der Waals surface area contributed by atoms with Crippen molar-refractivity contribution < 1.29 is 0 Å². The normalized spacial score (nSPS) is 39.2. The Bertz CT molecular complexity index is 230. The highest BCUT2D eigenvalue weighted by Gasteiger charge is 2.58. The van der Waals surface area contributed by atoms with Crippen molar-refractivity contribution in [1.82, 2.24) is 4.90 Å². The highest BCUT2D eigenvalue weighted by atomic mass is 15.1. The van der Waals surface area contributed by atoms with E-state index in [4.69, 9.17) is 0 Å². The summed E-state index contributed by atoms with van der Waals surface area (Å²) in [5, 5.41) is 0. The molecule has 0 saturated heterocycles. The van der Waals surface area contributed by atoms with Gasteiger partial charge in [-0.3, -0.25) is 0 Å². The molecule has 1 aliphatic carbocycles.